The van der Waals surface area contributed by atoms with E-state index in [0.29, 0.717) is 41.9 Å². The van der Waals surface area contributed by atoms with Gasteiger partial charge in [0.15, 0.2) is 0 Å². The van der Waals surface area contributed by atoms with Crippen molar-refractivity contribution in [2.75, 3.05) is 20.2 Å². The van der Waals surface area contributed by atoms with Gasteiger partial charge < -0.3 is 4.74 Å². The molecule has 29 heavy (non-hydrogen) atoms. The molecular weight excluding hydrogens is 414 g/mol. The topological polar surface area (TPSA) is 81.5 Å². The van der Waals surface area contributed by atoms with Crippen molar-refractivity contribution in [2.45, 2.75) is 23.8 Å². The lowest BCUT2D eigenvalue weighted by Gasteiger charge is -2.32. The maximum Gasteiger partial charge on any atom is 0.261 e. The Balaban J connectivity index is 1.58. The molecule has 1 aliphatic rings. The molecule has 9 heteroatoms. The van der Waals surface area contributed by atoms with E-state index >= 15 is 0 Å². The van der Waals surface area contributed by atoms with Gasteiger partial charge in [-0.05, 0) is 43.2 Å². The fourth-order valence-electron chi connectivity index (χ4n) is 3.70. The molecule has 152 valence electrons. The number of sulfonamides is 1. The number of halogens is 1. The van der Waals surface area contributed by atoms with Crippen molar-refractivity contribution >= 4 is 32.5 Å². The Labute approximate surface area is 173 Å². The van der Waals surface area contributed by atoms with Gasteiger partial charge in [0.1, 0.15) is 10.6 Å². The van der Waals surface area contributed by atoms with Gasteiger partial charge in [0.05, 0.1) is 24.3 Å². The van der Waals surface area contributed by atoms with Gasteiger partial charge in [0, 0.05) is 24.2 Å². The molecule has 3 aromatic rings. The van der Waals surface area contributed by atoms with E-state index in [4.69, 9.17) is 16.3 Å². The van der Waals surface area contributed by atoms with Gasteiger partial charge in [-0.25, -0.2) is 13.4 Å². The first-order valence-corrected chi connectivity index (χ1v) is 11.0. The van der Waals surface area contributed by atoms with Crippen LogP contribution in [-0.4, -0.2) is 42.5 Å². The highest BCUT2D eigenvalue weighted by Gasteiger charge is 2.32. The van der Waals surface area contributed by atoms with E-state index in [1.54, 1.807) is 35.2 Å². The minimum atomic E-state index is -3.76. The summed E-state index contributed by atoms with van der Waals surface area (Å²) in [5.41, 5.74) is 0.551. The van der Waals surface area contributed by atoms with Crippen molar-refractivity contribution in [3.8, 4) is 5.75 Å². The van der Waals surface area contributed by atoms with E-state index in [0.717, 1.165) is 0 Å². The molecular formula is C20H20ClN3O4S. The van der Waals surface area contributed by atoms with Crippen LogP contribution in [0.5, 0.6) is 5.75 Å². The number of hydrogen-bond donors (Lipinski definition) is 0. The van der Waals surface area contributed by atoms with Crippen LogP contribution < -0.4 is 10.3 Å². The lowest BCUT2D eigenvalue weighted by molar-refractivity contribution is 0.269. The summed E-state index contributed by atoms with van der Waals surface area (Å²) in [6.07, 6.45) is 2.59. The SMILES string of the molecule is COc1ccc(Cl)cc1S(=O)(=O)N1CCC(n2cnc3ccccc3c2=O)CC1. The zero-order valence-corrected chi connectivity index (χ0v) is 17.4. The number of nitrogens with zero attached hydrogens (tertiary/aromatic N) is 3. The number of aromatic nitrogens is 2. The molecule has 1 aromatic heterocycles. The molecule has 1 saturated heterocycles. The molecule has 1 aliphatic heterocycles. The largest absolute Gasteiger partial charge is 0.495 e. The molecule has 0 spiro atoms. The average Bonchev–Trinajstić information content (AvgIpc) is 2.74. The van der Waals surface area contributed by atoms with Crippen molar-refractivity contribution < 1.29 is 13.2 Å². The fourth-order valence-corrected chi connectivity index (χ4v) is 5.58. The molecule has 0 radical (unpaired) electrons. The van der Waals surface area contributed by atoms with Crippen LogP contribution in [0.4, 0.5) is 0 Å². The third kappa shape index (κ3) is 3.63. The molecule has 2 heterocycles. The van der Waals surface area contributed by atoms with Gasteiger partial charge in [-0.15, -0.1) is 0 Å². The van der Waals surface area contributed by atoms with Crippen LogP contribution in [0.3, 0.4) is 0 Å². The summed E-state index contributed by atoms with van der Waals surface area (Å²) >= 11 is 6.00. The van der Waals surface area contributed by atoms with Gasteiger partial charge in [0.25, 0.3) is 5.56 Å². The van der Waals surface area contributed by atoms with Crippen LogP contribution in [0.25, 0.3) is 10.9 Å². The molecule has 0 atom stereocenters. The van der Waals surface area contributed by atoms with Gasteiger partial charge in [-0.3, -0.25) is 9.36 Å². The molecule has 7 nitrogen and oxygen atoms in total. The minimum absolute atomic E-state index is 0.0514. The molecule has 0 unspecified atom stereocenters. The summed E-state index contributed by atoms with van der Waals surface area (Å²) in [5.74, 6) is 0.256. The summed E-state index contributed by atoms with van der Waals surface area (Å²) in [4.78, 5) is 17.2. The summed E-state index contributed by atoms with van der Waals surface area (Å²) in [6.45, 7) is 0.587. The molecule has 4 rings (SSSR count). The van der Waals surface area contributed by atoms with Crippen LogP contribution in [-0.2, 0) is 10.0 Å². The lowest BCUT2D eigenvalue weighted by atomic mass is 10.1. The highest BCUT2D eigenvalue weighted by molar-refractivity contribution is 7.89. The Morgan fingerprint density at radius 3 is 2.59 bits per heavy atom. The first kappa shape index (κ1) is 19.9. The summed E-state index contributed by atoms with van der Waals surface area (Å²) in [7, 11) is -2.33. The Hall–Kier alpha value is -2.42. The highest BCUT2D eigenvalue weighted by atomic mass is 35.5. The number of methoxy groups -OCH3 is 1. The van der Waals surface area contributed by atoms with E-state index in [2.05, 4.69) is 4.98 Å². The first-order valence-electron chi connectivity index (χ1n) is 9.21. The van der Waals surface area contributed by atoms with E-state index in [1.807, 2.05) is 12.1 Å². The quantitative estimate of drug-likeness (QED) is 0.631. The summed E-state index contributed by atoms with van der Waals surface area (Å²) in [5, 5.41) is 0.891. The highest BCUT2D eigenvalue weighted by Crippen LogP contribution is 2.32. The van der Waals surface area contributed by atoms with Crippen LogP contribution in [0.2, 0.25) is 5.02 Å². The van der Waals surface area contributed by atoms with Crippen LogP contribution in [0, 0.1) is 0 Å². The zero-order valence-electron chi connectivity index (χ0n) is 15.8. The monoisotopic (exact) mass is 433 g/mol. The van der Waals surface area contributed by atoms with E-state index in [1.165, 1.54) is 17.5 Å². The van der Waals surface area contributed by atoms with Crippen molar-refractivity contribution in [1.82, 2.24) is 13.9 Å². The second-order valence-corrected chi connectivity index (χ2v) is 9.25. The zero-order chi connectivity index (χ0) is 20.6. The normalized spacial score (nSPS) is 16.2. The minimum Gasteiger partial charge on any atom is -0.495 e. The summed E-state index contributed by atoms with van der Waals surface area (Å²) < 4.78 is 34.5. The second-order valence-electron chi connectivity index (χ2n) is 6.90. The van der Waals surface area contributed by atoms with Crippen LogP contribution >= 0.6 is 11.6 Å². The molecule has 0 bridgehead atoms. The van der Waals surface area contributed by atoms with Gasteiger partial charge in [-0.2, -0.15) is 4.31 Å². The third-order valence-corrected chi connectivity index (χ3v) is 7.41. The number of rotatable bonds is 4. The van der Waals surface area contributed by atoms with Crippen molar-refractivity contribution in [2.24, 2.45) is 0 Å². The molecule has 1 fully saturated rings. The maximum atomic E-state index is 13.1. The number of fused-ring (bicyclic) bond motifs is 1. The van der Waals surface area contributed by atoms with Crippen molar-refractivity contribution in [3.05, 3.63) is 64.2 Å². The molecule has 0 saturated carbocycles. The number of ether oxygens (including phenoxy) is 1. The maximum absolute atomic E-state index is 13.1. The second kappa shape index (κ2) is 7.78. The van der Waals surface area contributed by atoms with Crippen LogP contribution in [0.1, 0.15) is 18.9 Å². The number of para-hydroxylation sites is 1. The molecule has 0 amide bonds. The fraction of sp³-hybridized carbons (Fsp3) is 0.300. The van der Waals surface area contributed by atoms with E-state index in [-0.39, 0.29) is 22.2 Å². The van der Waals surface area contributed by atoms with Crippen molar-refractivity contribution in [1.29, 1.82) is 0 Å². The van der Waals surface area contributed by atoms with Crippen molar-refractivity contribution in [3.63, 3.8) is 0 Å². The molecule has 0 N–H and O–H groups in total. The van der Waals surface area contributed by atoms with Gasteiger partial charge >= 0.3 is 0 Å². The lowest BCUT2D eigenvalue weighted by Crippen LogP contribution is -2.41. The Morgan fingerprint density at radius 2 is 1.86 bits per heavy atom. The molecule has 0 aliphatic carbocycles. The average molecular weight is 434 g/mol. The Kier molecular flexibility index (Phi) is 5.33. The Bertz CT molecular complexity index is 1220. The van der Waals surface area contributed by atoms with Crippen LogP contribution in [0.15, 0.2) is 58.5 Å². The smallest absolute Gasteiger partial charge is 0.261 e. The first-order chi connectivity index (χ1) is 13.9. The van der Waals surface area contributed by atoms with Gasteiger partial charge in [0.2, 0.25) is 10.0 Å². The number of piperidine rings is 1. The predicted octanol–water partition coefficient (Wildman–Crippen LogP) is 3.08. The molecule has 2 aromatic carbocycles. The van der Waals surface area contributed by atoms with Gasteiger partial charge in [-0.1, -0.05) is 23.7 Å². The third-order valence-electron chi connectivity index (χ3n) is 5.25. The van der Waals surface area contributed by atoms with E-state index in [9.17, 15) is 13.2 Å². The number of benzene rings is 2. The standard InChI is InChI=1S/C20H20ClN3O4S/c1-28-18-7-6-14(21)12-19(18)29(26,27)23-10-8-15(9-11-23)24-13-22-17-5-3-2-4-16(17)20(24)25/h2-7,12-13,15H,8-11H2,1H3. The Morgan fingerprint density at radius 1 is 1.14 bits per heavy atom. The van der Waals surface area contributed by atoms with E-state index < -0.39 is 10.0 Å². The number of hydrogen-bond acceptors (Lipinski definition) is 5. The summed E-state index contributed by atoms with van der Waals surface area (Å²) in [6, 6.07) is 11.6. The predicted molar refractivity (Wildman–Crippen MR) is 111 cm³/mol.